The summed E-state index contributed by atoms with van der Waals surface area (Å²) >= 11 is 1.23. The van der Waals surface area contributed by atoms with E-state index in [4.69, 9.17) is 5.11 Å². The minimum absolute atomic E-state index is 0.317. The molecule has 0 fully saturated rings. The second-order valence-electron chi connectivity index (χ2n) is 1.78. The number of aromatic carboxylic acids is 1. The second-order valence-corrected chi connectivity index (χ2v) is 2.89. The third-order valence-corrected chi connectivity index (χ3v) is 2.20. The summed E-state index contributed by atoms with van der Waals surface area (Å²) in [7, 11) is 0.804. The fourth-order valence-electron chi connectivity index (χ4n) is 0.573. The Kier molecular flexibility index (Phi) is 2.06. The molecule has 0 saturated heterocycles. The number of carboxylic acids is 1. The molecule has 0 bridgehead atoms. The Hall–Kier alpha value is -0.835. The molecular weight excluding hydrogens is 149 g/mol. The summed E-state index contributed by atoms with van der Waals surface area (Å²) < 4.78 is 0. The van der Waals surface area contributed by atoms with Crippen molar-refractivity contribution in [1.82, 2.24) is 4.98 Å². The van der Waals surface area contributed by atoms with Crippen LogP contribution < -0.4 is 4.91 Å². The van der Waals surface area contributed by atoms with Crippen molar-refractivity contribution in [2.75, 3.05) is 0 Å². The Labute approximate surface area is 63.0 Å². The minimum atomic E-state index is -0.891. The van der Waals surface area contributed by atoms with E-state index >= 15 is 0 Å². The molecule has 0 unspecified atom stereocenters. The molecule has 0 saturated carbocycles. The summed E-state index contributed by atoms with van der Waals surface area (Å²) in [5, 5.41) is 8.46. The normalized spacial score (nSPS) is 9.30. The molecule has 0 atom stereocenters. The molecule has 0 radical (unpaired) electrons. The Bertz CT molecular complexity index is 248. The van der Waals surface area contributed by atoms with Crippen molar-refractivity contribution in [3.8, 4) is 0 Å². The van der Waals surface area contributed by atoms with Gasteiger partial charge in [-0.3, -0.25) is 4.98 Å². The predicted octanol–water partition coefficient (Wildman–Crippen LogP) is -0.0488. The third-order valence-electron chi connectivity index (χ3n) is 1.07. The van der Waals surface area contributed by atoms with Crippen LogP contribution >= 0.6 is 11.3 Å². The quantitative estimate of drug-likeness (QED) is 0.609. The zero-order valence-electron chi connectivity index (χ0n) is 5.50. The van der Waals surface area contributed by atoms with Crippen LogP contribution in [0.3, 0.4) is 0 Å². The van der Waals surface area contributed by atoms with E-state index in [9.17, 15) is 4.79 Å². The predicted molar refractivity (Wildman–Crippen MR) is 41.7 cm³/mol. The molecule has 0 aromatic carbocycles. The third kappa shape index (κ3) is 1.36. The molecule has 52 valence electrons. The van der Waals surface area contributed by atoms with Gasteiger partial charge >= 0.3 is 5.97 Å². The Morgan fingerprint density at radius 3 is 2.90 bits per heavy atom. The molecule has 1 aromatic rings. The summed E-state index contributed by atoms with van der Waals surface area (Å²) in [6.45, 7) is 1.95. The highest BCUT2D eigenvalue weighted by Crippen LogP contribution is 2.01. The van der Waals surface area contributed by atoms with Crippen molar-refractivity contribution in [2.24, 2.45) is 0 Å². The molecule has 0 aliphatic carbocycles. The first-order chi connectivity index (χ1) is 4.74. The molecule has 1 N–H and O–H groups in total. The average molecular weight is 155 g/mol. The number of carbonyl (C=O) groups is 1. The van der Waals surface area contributed by atoms with Crippen LogP contribution in [0.25, 0.3) is 0 Å². The van der Waals surface area contributed by atoms with Gasteiger partial charge in [0.2, 0.25) is 0 Å². The SMILES string of the molecule is CBc1ncc(C(=O)O)s1. The topological polar surface area (TPSA) is 50.2 Å². The first-order valence-electron chi connectivity index (χ1n) is 2.92. The maximum Gasteiger partial charge on any atom is 0.347 e. The van der Waals surface area contributed by atoms with Gasteiger partial charge in [0.15, 0.2) is 7.28 Å². The van der Waals surface area contributed by atoms with Gasteiger partial charge in [-0.1, -0.05) is 6.82 Å². The van der Waals surface area contributed by atoms with Crippen LogP contribution in [0, 0.1) is 0 Å². The van der Waals surface area contributed by atoms with Crippen LogP contribution in [0.15, 0.2) is 6.20 Å². The van der Waals surface area contributed by atoms with Crippen LogP contribution in [0.1, 0.15) is 9.67 Å². The van der Waals surface area contributed by atoms with Crippen molar-refractivity contribution < 1.29 is 9.90 Å². The van der Waals surface area contributed by atoms with Gasteiger partial charge in [0.1, 0.15) is 4.88 Å². The van der Waals surface area contributed by atoms with Crippen molar-refractivity contribution >= 4 is 29.5 Å². The van der Waals surface area contributed by atoms with Gasteiger partial charge in [0.25, 0.3) is 0 Å². The molecule has 0 aliphatic rings. The lowest BCUT2D eigenvalue weighted by Crippen LogP contribution is -2.07. The summed E-state index contributed by atoms with van der Waals surface area (Å²) in [5.41, 5.74) is 0. The van der Waals surface area contributed by atoms with Gasteiger partial charge in [-0.2, -0.15) is 0 Å². The maximum absolute atomic E-state index is 10.3. The summed E-state index contributed by atoms with van der Waals surface area (Å²) in [5.74, 6) is -0.891. The second kappa shape index (κ2) is 2.83. The number of carboxylic acid groups (broad SMARTS) is 1. The number of nitrogens with zero attached hydrogens (tertiary/aromatic N) is 1. The summed E-state index contributed by atoms with van der Waals surface area (Å²) in [6.07, 6.45) is 1.39. The summed E-state index contributed by atoms with van der Waals surface area (Å²) in [4.78, 5) is 15.4. The molecule has 0 spiro atoms. The maximum atomic E-state index is 10.3. The molecule has 0 amide bonds. The zero-order valence-corrected chi connectivity index (χ0v) is 6.31. The highest BCUT2D eigenvalue weighted by atomic mass is 32.1. The lowest BCUT2D eigenvalue weighted by Gasteiger charge is -1.80. The zero-order chi connectivity index (χ0) is 7.56. The van der Waals surface area contributed by atoms with E-state index in [1.165, 1.54) is 17.5 Å². The molecule has 5 heteroatoms. The van der Waals surface area contributed by atoms with E-state index in [0.29, 0.717) is 4.88 Å². The standard InChI is InChI=1S/C5H6BNO2S/c1-6-5-7-2-3(10-5)4(8)9/h2,6H,1H3,(H,8,9). The van der Waals surface area contributed by atoms with Gasteiger partial charge in [-0.05, 0) is 0 Å². The van der Waals surface area contributed by atoms with E-state index in [1.54, 1.807) is 0 Å². The van der Waals surface area contributed by atoms with Crippen LogP contribution in [0.4, 0.5) is 0 Å². The van der Waals surface area contributed by atoms with Gasteiger partial charge < -0.3 is 5.11 Å². The van der Waals surface area contributed by atoms with Crippen LogP contribution in [-0.4, -0.2) is 23.3 Å². The Balaban J connectivity index is 2.88. The van der Waals surface area contributed by atoms with Crippen LogP contribution in [0.2, 0.25) is 6.82 Å². The number of hydrogen-bond donors (Lipinski definition) is 1. The average Bonchev–Trinajstić information content (AvgIpc) is 2.34. The van der Waals surface area contributed by atoms with E-state index < -0.39 is 5.97 Å². The van der Waals surface area contributed by atoms with Crippen molar-refractivity contribution in [3.05, 3.63) is 11.1 Å². The molecule has 3 nitrogen and oxygen atoms in total. The number of hydrogen-bond acceptors (Lipinski definition) is 3. The molecule has 1 heterocycles. The fourth-order valence-corrected chi connectivity index (χ4v) is 1.27. The number of rotatable bonds is 2. The fraction of sp³-hybridized carbons (Fsp3) is 0.200. The highest BCUT2D eigenvalue weighted by molar-refractivity contribution is 7.22. The van der Waals surface area contributed by atoms with E-state index in [2.05, 4.69) is 4.98 Å². The lowest BCUT2D eigenvalue weighted by molar-refractivity contribution is 0.0702. The molecule has 0 aliphatic heterocycles. The smallest absolute Gasteiger partial charge is 0.347 e. The van der Waals surface area contributed by atoms with Gasteiger partial charge in [-0.25, -0.2) is 4.79 Å². The van der Waals surface area contributed by atoms with Gasteiger partial charge in [0.05, 0.1) is 6.20 Å². The van der Waals surface area contributed by atoms with E-state index in [1.807, 2.05) is 6.82 Å². The van der Waals surface area contributed by atoms with E-state index in [-0.39, 0.29) is 0 Å². The Morgan fingerprint density at radius 1 is 1.90 bits per heavy atom. The highest BCUT2D eigenvalue weighted by Gasteiger charge is 2.06. The number of aromatic nitrogens is 1. The van der Waals surface area contributed by atoms with Gasteiger partial charge in [0, 0.05) is 4.91 Å². The van der Waals surface area contributed by atoms with Gasteiger partial charge in [-0.15, -0.1) is 11.3 Å². The first-order valence-corrected chi connectivity index (χ1v) is 3.73. The monoisotopic (exact) mass is 155 g/mol. The van der Waals surface area contributed by atoms with Crippen molar-refractivity contribution in [2.45, 2.75) is 6.82 Å². The molecule has 1 rings (SSSR count). The Morgan fingerprint density at radius 2 is 2.60 bits per heavy atom. The lowest BCUT2D eigenvalue weighted by atomic mass is 9.84. The van der Waals surface area contributed by atoms with Crippen molar-refractivity contribution in [1.29, 1.82) is 0 Å². The number of thiazole rings is 1. The molecular formula is C5H6BNO2S. The molecule has 1 aromatic heterocycles. The van der Waals surface area contributed by atoms with Crippen LogP contribution in [-0.2, 0) is 0 Å². The first kappa shape index (κ1) is 7.27. The van der Waals surface area contributed by atoms with Crippen molar-refractivity contribution in [3.63, 3.8) is 0 Å². The molecule has 10 heavy (non-hydrogen) atoms. The van der Waals surface area contributed by atoms with Crippen LogP contribution in [0.5, 0.6) is 0 Å². The minimum Gasteiger partial charge on any atom is -0.477 e. The largest absolute Gasteiger partial charge is 0.477 e. The summed E-state index contributed by atoms with van der Waals surface area (Å²) in [6, 6.07) is 0. The van der Waals surface area contributed by atoms with E-state index in [0.717, 1.165) is 12.2 Å².